The highest BCUT2D eigenvalue weighted by molar-refractivity contribution is 5.75. The van der Waals surface area contributed by atoms with Gasteiger partial charge in [0.25, 0.3) is 0 Å². The van der Waals surface area contributed by atoms with Crippen molar-refractivity contribution in [2.75, 3.05) is 18.1 Å². The summed E-state index contributed by atoms with van der Waals surface area (Å²) in [6.45, 7) is 0.0567. The van der Waals surface area contributed by atoms with Gasteiger partial charge in [0.05, 0.1) is 11.4 Å². The minimum Gasteiger partial charge on any atom is -0.397 e. The third kappa shape index (κ3) is 2.47. The summed E-state index contributed by atoms with van der Waals surface area (Å²) in [7, 11) is 0. The van der Waals surface area contributed by atoms with Crippen LogP contribution in [0.2, 0.25) is 0 Å². The van der Waals surface area contributed by atoms with Crippen LogP contribution in [-0.2, 0) is 0 Å². The molecule has 0 radical (unpaired) electrons. The summed E-state index contributed by atoms with van der Waals surface area (Å²) in [4.78, 5) is 0. The quantitative estimate of drug-likeness (QED) is 0.639. The summed E-state index contributed by atoms with van der Waals surface area (Å²) >= 11 is 0. The molecule has 14 heavy (non-hydrogen) atoms. The van der Waals surface area contributed by atoms with E-state index in [0.717, 1.165) is 0 Å². The molecule has 0 heterocycles. The van der Waals surface area contributed by atoms with Crippen molar-refractivity contribution >= 4 is 17.5 Å². The third-order valence-electron chi connectivity index (χ3n) is 1.80. The van der Waals surface area contributed by atoms with E-state index in [0.29, 0.717) is 17.7 Å². The first-order valence-corrected chi connectivity index (χ1v) is 4.27. The second-order valence-electron chi connectivity index (χ2n) is 2.91. The number of rotatable bonds is 3. The Morgan fingerprint density at radius 1 is 1.36 bits per heavy atom. The first-order chi connectivity index (χ1) is 6.65. The predicted molar refractivity (Wildman–Crippen MR) is 56.0 cm³/mol. The Hall–Kier alpha value is -1.55. The molecule has 0 aromatic heterocycles. The van der Waals surface area contributed by atoms with Gasteiger partial charge in [-0.2, -0.15) is 0 Å². The van der Waals surface area contributed by atoms with Crippen LogP contribution in [-0.4, -0.2) is 11.7 Å². The van der Waals surface area contributed by atoms with E-state index in [-0.39, 0.29) is 12.3 Å². The van der Waals surface area contributed by atoms with Crippen molar-refractivity contribution < 1.29 is 9.50 Å². The van der Waals surface area contributed by atoms with Gasteiger partial charge in [0.15, 0.2) is 0 Å². The highest BCUT2D eigenvalue weighted by atomic mass is 19.1. The van der Waals surface area contributed by atoms with E-state index in [9.17, 15) is 4.39 Å². The van der Waals surface area contributed by atoms with Gasteiger partial charge in [0, 0.05) is 12.2 Å². The number of benzene rings is 1. The SMILES string of the molecule is Nc1cc(F)cc(C=CCCO)c1N. The fourth-order valence-corrected chi connectivity index (χ4v) is 1.08. The van der Waals surface area contributed by atoms with Crippen LogP contribution in [0.25, 0.3) is 6.08 Å². The van der Waals surface area contributed by atoms with Crippen LogP contribution >= 0.6 is 0 Å². The summed E-state index contributed by atoms with van der Waals surface area (Å²) in [6.07, 6.45) is 3.87. The predicted octanol–water partition coefficient (Wildman–Crippen LogP) is 1.39. The summed E-state index contributed by atoms with van der Waals surface area (Å²) < 4.78 is 12.9. The lowest BCUT2D eigenvalue weighted by atomic mass is 10.1. The number of aliphatic hydroxyl groups is 1. The number of aliphatic hydroxyl groups excluding tert-OH is 1. The van der Waals surface area contributed by atoms with Gasteiger partial charge in [-0.15, -0.1) is 0 Å². The van der Waals surface area contributed by atoms with E-state index in [1.165, 1.54) is 12.1 Å². The molecule has 0 atom stereocenters. The van der Waals surface area contributed by atoms with Crippen molar-refractivity contribution in [3.8, 4) is 0 Å². The smallest absolute Gasteiger partial charge is 0.126 e. The molecular weight excluding hydrogens is 183 g/mol. The van der Waals surface area contributed by atoms with Crippen molar-refractivity contribution in [1.82, 2.24) is 0 Å². The molecule has 1 aromatic carbocycles. The second kappa shape index (κ2) is 4.62. The second-order valence-corrected chi connectivity index (χ2v) is 2.91. The summed E-state index contributed by atoms with van der Waals surface area (Å²) in [5.41, 5.74) is 12.2. The van der Waals surface area contributed by atoms with Gasteiger partial charge in [-0.25, -0.2) is 4.39 Å². The molecule has 5 N–H and O–H groups in total. The van der Waals surface area contributed by atoms with Crippen LogP contribution in [0.1, 0.15) is 12.0 Å². The molecule has 0 unspecified atom stereocenters. The molecule has 3 nitrogen and oxygen atoms in total. The number of nitrogens with two attached hydrogens (primary N) is 2. The van der Waals surface area contributed by atoms with Crippen molar-refractivity contribution in [3.63, 3.8) is 0 Å². The zero-order valence-electron chi connectivity index (χ0n) is 7.70. The van der Waals surface area contributed by atoms with Gasteiger partial charge in [-0.05, 0) is 18.6 Å². The molecule has 0 saturated carbocycles. The maximum Gasteiger partial charge on any atom is 0.126 e. The Kier molecular flexibility index (Phi) is 3.48. The fraction of sp³-hybridized carbons (Fsp3) is 0.200. The molecule has 1 aromatic rings. The van der Waals surface area contributed by atoms with E-state index in [1.54, 1.807) is 12.2 Å². The monoisotopic (exact) mass is 196 g/mol. The molecule has 4 heteroatoms. The zero-order valence-corrected chi connectivity index (χ0v) is 7.70. The maximum absolute atomic E-state index is 12.9. The van der Waals surface area contributed by atoms with Crippen molar-refractivity contribution in [2.24, 2.45) is 0 Å². The number of hydrogen-bond acceptors (Lipinski definition) is 3. The molecule has 0 aliphatic heterocycles. The normalized spacial score (nSPS) is 11.0. The molecule has 0 amide bonds. The topological polar surface area (TPSA) is 72.3 Å². The van der Waals surface area contributed by atoms with Gasteiger partial charge in [-0.3, -0.25) is 0 Å². The van der Waals surface area contributed by atoms with E-state index >= 15 is 0 Å². The van der Waals surface area contributed by atoms with E-state index in [4.69, 9.17) is 16.6 Å². The van der Waals surface area contributed by atoms with Crippen LogP contribution in [0.15, 0.2) is 18.2 Å². The fourth-order valence-electron chi connectivity index (χ4n) is 1.08. The standard InChI is InChI=1S/C10H13FN2O/c11-8-5-7(3-1-2-4-14)10(13)9(12)6-8/h1,3,5-6,14H,2,4,12-13H2. The Bertz CT molecular complexity index is 350. The van der Waals surface area contributed by atoms with E-state index in [1.807, 2.05) is 0 Å². The number of hydrogen-bond donors (Lipinski definition) is 3. The number of anilines is 2. The lowest BCUT2D eigenvalue weighted by molar-refractivity contribution is 0.303. The van der Waals surface area contributed by atoms with E-state index in [2.05, 4.69) is 0 Å². The van der Waals surface area contributed by atoms with Crippen molar-refractivity contribution in [3.05, 3.63) is 29.6 Å². The van der Waals surface area contributed by atoms with Crippen LogP contribution < -0.4 is 11.5 Å². The lowest BCUT2D eigenvalue weighted by Crippen LogP contribution is -1.98. The minimum atomic E-state index is -0.416. The molecule has 0 aliphatic carbocycles. The molecular formula is C10H13FN2O. The molecule has 76 valence electrons. The number of halogens is 1. The first-order valence-electron chi connectivity index (χ1n) is 4.27. The Morgan fingerprint density at radius 3 is 2.71 bits per heavy atom. The Labute approximate surface area is 81.8 Å². The van der Waals surface area contributed by atoms with E-state index < -0.39 is 5.82 Å². The summed E-state index contributed by atoms with van der Waals surface area (Å²) in [5, 5.41) is 8.54. The van der Waals surface area contributed by atoms with Crippen molar-refractivity contribution in [1.29, 1.82) is 0 Å². The van der Waals surface area contributed by atoms with Gasteiger partial charge < -0.3 is 16.6 Å². The summed E-state index contributed by atoms with van der Waals surface area (Å²) in [6, 6.07) is 2.48. The van der Waals surface area contributed by atoms with Crippen LogP contribution in [0.3, 0.4) is 0 Å². The number of nitrogen functional groups attached to an aromatic ring is 2. The van der Waals surface area contributed by atoms with Crippen LogP contribution in [0.4, 0.5) is 15.8 Å². The highest BCUT2D eigenvalue weighted by Gasteiger charge is 2.02. The average molecular weight is 196 g/mol. The van der Waals surface area contributed by atoms with Gasteiger partial charge in [0.1, 0.15) is 5.82 Å². The average Bonchev–Trinajstić information content (AvgIpc) is 2.13. The zero-order chi connectivity index (χ0) is 10.6. The summed E-state index contributed by atoms with van der Waals surface area (Å²) in [5.74, 6) is -0.416. The molecule has 0 fully saturated rings. The Morgan fingerprint density at radius 2 is 2.07 bits per heavy atom. The maximum atomic E-state index is 12.9. The van der Waals surface area contributed by atoms with Gasteiger partial charge >= 0.3 is 0 Å². The molecule has 0 saturated heterocycles. The van der Waals surface area contributed by atoms with Gasteiger partial charge in [0.2, 0.25) is 0 Å². The third-order valence-corrected chi connectivity index (χ3v) is 1.80. The Balaban J connectivity index is 2.96. The molecule has 0 bridgehead atoms. The first kappa shape index (κ1) is 10.5. The lowest BCUT2D eigenvalue weighted by Gasteiger charge is -2.04. The highest BCUT2D eigenvalue weighted by Crippen LogP contribution is 2.22. The molecule has 1 rings (SSSR count). The van der Waals surface area contributed by atoms with Gasteiger partial charge in [-0.1, -0.05) is 12.2 Å². The molecule has 0 spiro atoms. The van der Waals surface area contributed by atoms with Crippen LogP contribution in [0, 0.1) is 5.82 Å². The molecule has 0 aliphatic rings. The minimum absolute atomic E-state index is 0.0567. The van der Waals surface area contributed by atoms with Crippen molar-refractivity contribution in [2.45, 2.75) is 6.42 Å². The largest absolute Gasteiger partial charge is 0.397 e. The van der Waals surface area contributed by atoms with Crippen LogP contribution in [0.5, 0.6) is 0 Å².